The lowest BCUT2D eigenvalue weighted by Crippen LogP contribution is -2.65. The highest BCUT2D eigenvalue weighted by Gasteiger charge is 2.49. The smallest absolute Gasteiger partial charge is 0.264 e. The summed E-state index contributed by atoms with van der Waals surface area (Å²) in [5.41, 5.74) is 0. The number of rotatable bonds is 9. The molecule has 0 radical (unpaired) electrons. The predicted molar refractivity (Wildman–Crippen MR) is 120 cm³/mol. The van der Waals surface area contributed by atoms with E-state index in [0.29, 0.717) is 5.92 Å². The molecule has 1 fully saturated rings. The molecule has 2 aromatic carbocycles. The molecule has 0 aliphatic heterocycles. The second kappa shape index (κ2) is 8.72. The van der Waals surface area contributed by atoms with Crippen LogP contribution in [0.15, 0.2) is 60.7 Å². The van der Waals surface area contributed by atoms with Crippen molar-refractivity contribution in [3.8, 4) is 0 Å². The number of hydrogen-bond donors (Lipinski definition) is 1. The Morgan fingerprint density at radius 2 is 1.48 bits per heavy atom. The van der Waals surface area contributed by atoms with Crippen molar-refractivity contribution in [2.45, 2.75) is 57.1 Å². The first-order valence-corrected chi connectivity index (χ1v) is 14.1. The van der Waals surface area contributed by atoms with Crippen LogP contribution in [0.1, 0.15) is 46.0 Å². The van der Waals surface area contributed by atoms with Crippen LogP contribution in [0.3, 0.4) is 0 Å². The Bertz CT molecular complexity index is 851. The summed E-state index contributed by atoms with van der Waals surface area (Å²) in [5, 5.41) is 1.85. The van der Waals surface area contributed by atoms with Crippen molar-refractivity contribution in [1.82, 2.24) is 0 Å². The molecule has 0 bridgehead atoms. The average Bonchev–Trinajstić information content (AvgIpc) is 2.65. The van der Waals surface area contributed by atoms with Crippen LogP contribution in [0.2, 0.25) is 5.04 Å². The molecule has 3 rings (SSSR count). The Labute approximate surface area is 176 Å². The quantitative estimate of drug-likeness (QED) is 0.487. The molecular formula is C23H32O4SSi. The van der Waals surface area contributed by atoms with Crippen molar-refractivity contribution in [1.29, 1.82) is 0 Å². The number of benzene rings is 2. The Kier molecular flexibility index (Phi) is 6.68. The fourth-order valence-electron chi connectivity index (χ4n) is 4.56. The van der Waals surface area contributed by atoms with Gasteiger partial charge in [-0.25, -0.2) is 0 Å². The van der Waals surface area contributed by atoms with Crippen molar-refractivity contribution >= 4 is 28.8 Å². The molecular weight excluding hydrogens is 400 g/mol. The molecule has 158 valence electrons. The van der Waals surface area contributed by atoms with Crippen LogP contribution in [0.4, 0.5) is 0 Å². The number of hydrogen-bond acceptors (Lipinski definition) is 4. The lowest BCUT2D eigenvalue weighted by molar-refractivity contribution is 0.0656. The van der Waals surface area contributed by atoms with Gasteiger partial charge in [-0.1, -0.05) is 87.4 Å². The van der Waals surface area contributed by atoms with Gasteiger partial charge in [0.05, 0.1) is 12.4 Å². The molecule has 4 nitrogen and oxygen atoms in total. The molecule has 0 atom stereocenters. The first kappa shape index (κ1) is 22.2. The van der Waals surface area contributed by atoms with E-state index >= 15 is 0 Å². The maximum atomic E-state index is 12.1. The zero-order valence-electron chi connectivity index (χ0n) is 17.5. The molecule has 1 aliphatic rings. The zero-order chi connectivity index (χ0) is 21.1. The fourth-order valence-corrected chi connectivity index (χ4v) is 8.99. The molecule has 0 unspecified atom stereocenters. The highest BCUT2D eigenvalue weighted by atomic mass is 32.2. The molecule has 6 heteroatoms. The Hall–Kier alpha value is -1.47. The van der Waals surface area contributed by atoms with Crippen molar-refractivity contribution < 1.29 is 17.4 Å². The van der Waals surface area contributed by atoms with Crippen LogP contribution in [0.25, 0.3) is 0 Å². The topological polar surface area (TPSA) is 63.6 Å². The van der Waals surface area contributed by atoms with E-state index in [1.807, 2.05) is 36.4 Å². The van der Waals surface area contributed by atoms with Gasteiger partial charge in [0.25, 0.3) is 18.4 Å². The van der Waals surface area contributed by atoms with Crippen molar-refractivity contribution in [3.63, 3.8) is 0 Å². The molecule has 1 aliphatic carbocycles. The van der Waals surface area contributed by atoms with Crippen LogP contribution in [0, 0.1) is 5.92 Å². The minimum atomic E-state index is -3.36. The maximum absolute atomic E-state index is 12.1. The third-order valence-corrected chi connectivity index (χ3v) is 11.4. The zero-order valence-corrected chi connectivity index (χ0v) is 19.4. The largest absolute Gasteiger partial charge is 0.424 e. The van der Waals surface area contributed by atoms with Gasteiger partial charge in [0, 0.05) is 0 Å². The first-order valence-electron chi connectivity index (χ1n) is 10.3. The minimum absolute atomic E-state index is 0.150. The van der Waals surface area contributed by atoms with E-state index in [0.717, 1.165) is 48.7 Å². The van der Waals surface area contributed by atoms with Crippen LogP contribution in [0.5, 0.6) is 0 Å². The average molecular weight is 433 g/mol. The van der Waals surface area contributed by atoms with E-state index in [9.17, 15) is 13.2 Å². The summed E-state index contributed by atoms with van der Waals surface area (Å²) in [4.78, 5) is 12.1. The maximum Gasteiger partial charge on any atom is 0.264 e. The summed E-state index contributed by atoms with van der Waals surface area (Å²) in [6.45, 7) is 4.38. The van der Waals surface area contributed by atoms with Crippen LogP contribution < -0.4 is 10.4 Å². The van der Waals surface area contributed by atoms with Gasteiger partial charge in [0.1, 0.15) is 0 Å². The van der Waals surface area contributed by atoms with Gasteiger partial charge in [0.15, 0.2) is 0 Å². The Morgan fingerprint density at radius 3 is 1.93 bits per heavy atom. The lowest BCUT2D eigenvalue weighted by Gasteiger charge is -2.42. The minimum Gasteiger partial charge on any atom is -0.424 e. The summed E-state index contributed by atoms with van der Waals surface area (Å²) in [6, 6.07) is 20.2. The summed E-state index contributed by atoms with van der Waals surface area (Å²) in [6.07, 6.45) is 5.57. The second-order valence-electron chi connectivity index (χ2n) is 8.98. The summed E-state index contributed by atoms with van der Waals surface area (Å²) < 4.78 is 27.5. The van der Waals surface area contributed by atoms with Crippen LogP contribution >= 0.6 is 0 Å². The van der Waals surface area contributed by atoms with E-state index in [-0.39, 0.29) is 11.1 Å². The normalized spacial score (nSPS) is 20.3. The van der Waals surface area contributed by atoms with E-state index in [2.05, 4.69) is 38.1 Å². The third-order valence-electron chi connectivity index (χ3n) is 6.28. The van der Waals surface area contributed by atoms with Crippen LogP contribution in [-0.2, 0) is 14.3 Å². The molecule has 1 saturated carbocycles. The SMILES string of the molecule is CC(C)(CCCC1CC(OS(C)(=O)=O)C1)[Si](O)(c1ccccc1)c1ccccc1. The highest BCUT2D eigenvalue weighted by Crippen LogP contribution is 2.42. The molecule has 0 aromatic heterocycles. The fraction of sp³-hybridized carbons (Fsp3) is 0.478. The van der Waals surface area contributed by atoms with Crippen molar-refractivity contribution in [2.75, 3.05) is 6.26 Å². The summed E-state index contributed by atoms with van der Waals surface area (Å²) in [7, 11) is -6.30. The third kappa shape index (κ3) is 5.18. The van der Waals surface area contributed by atoms with Crippen molar-refractivity contribution in [3.05, 3.63) is 60.7 Å². The predicted octanol–water partition coefficient (Wildman–Crippen LogP) is 3.44. The molecule has 0 amide bonds. The highest BCUT2D eigenvalue weighted by molar-refractivity contribution is 7.86. The Morgan fingerprint density at radius 1 is 1.00 bits per heavy atom. The molecule has 29 heavy (non-hydrogen) atoms. The molecule has 0 heterocycles. The van der Waals surface area contributed by atoms with Gasteiger partial charge in [0.2, 0.25) is 0 Å². The standard InChI is InChI=1S/C23H32O4SSi/c1-23(2,16-10-11-19-17-20(18-19)27-28(3,24)25)29(26,21-12-6-4-7-13-21)22-14-8-5-9-15-22/h4-9,12-15,19-20,26H,10-11,16-18H2,1-3H3. The van der Waals surface area contributed by atoms with E-state index < -0.39 is 18.4 Å². The molecule has 0 saturated heterocycles. The molecule has 1 N–H and O–H groups in total. The lowest BCUT2D eigenvalue weighted by atomic mass is 9.79. The van der Waals surface area contributed by atoms with E-state index in [1.54, 1.807) is 0 Å². The van der Waals surface area contributed by atoms with Gasteiger partial charge in [-0.15, -0.1) is 0 Å². The van der Waals surface area contributed by atoms with Gasteiger partial charge in [-0.05, 0) is 40.6 Å². The van der Waals surface area contributed by atoms with Gasteiger partial charge in [-0.3, -0.25) is 4.18 Å². The first-order chi connectivity index (χ1) is 13.6. The molecule has 0 spiro atoms. The van der Waals surface area contributed by atoms with E-state index in [4.69, 9.17) is 4.18 Å². The second-order valence-corrected chi connectivity index (χ2v) is 14.5. The van der Waals surface area contributed by atoms with Crippen molar-refractivity contribution in [2.24, 2.45) is 5.92 Å². The Balaban J connectivity index is 1.67. The van der Waals surface area contributed by atoms with Gasteiger partial charge in [-0.2, -0.15) is 8.42 Å². The summed E-state index contributed by atoms with van der Waals surface area (Å²) in [5.74, 6) is 0.515. The van der Waals surface area contributed by atoms with Gasteiger partial charge < -0.3 is 4.80 Å². The van der Waals surface area contributed by atoms with Gasteiger partial charge >= 0.3 is 0 Å². The van der Waals surface area contributed by atoms with Crippen LogP contribution in [-0.4, -0.2) is 33.9 Å². The monoisotopic (exact) mass is 432 g/mol. The molecule has 2 aromatic rings. The van der Waals surface area contributed by atoms with E-state index in [1.165, 1.54) is 0 Å². The summed E-state index contributed by atoms with van der Waals surface area (Å²) >= 11 is 0.